The van der Waals surface area contributed by atoms with Crippen LogP contribution in [0, 0.1) is 0 Å². The van der Waals surface area contributed by atoms with Crippen molar-refractivity contribution in [2.24, 2.45) is 12.9 Å². The number of nitrogens with zero attached hydrogens (tertiary/aromatic N) is 2. The number of aryl methyl sites for hydroxylation is 1. The van der Waals surface area contributed by atoms with E-state index in [1.165, 1.54) is 15.9 Å². The number of nitrogens with two attached hydrogens (primary N) is 1. The molecule has 0 amide bonds. The van der Waals surface area contributed by atoms with E-state index in [1.54, 1.807) is 13.1 Å². The second-order valence-electron chi connectivity index (χ2n) is 3.79. The summed E-state index contributed by atoms with van der Waals surface area (Å²) in [6.45, 7) is 0. The molecule has 92 valence electrons. The van der Waals surface area contributed by atoms with Gasteiger partial charge in [-0.3, -0.25) is 4.57 Å². The minimum absolute atomic E-state index is 0.370. The molecular weight excluding hydrogens is 252 g/mol. The van der Waals surface area contributed by atoms with Crippen molar-refractivity contribution in [1.29, 1.82) is 0 Å². The first-order chi connectivity index (χ1) is 8.69. The van der Waals surface area contributed by atoms with Gasteiger partial charge in [-0.15, -0.1) is 11.3 Å². The maximum atomic E-state index is 11.4. The molecule has 3 aromatic rings. The van der Waals surface area contributed by atoms with E-state index in [0.717, 1.165) is 16.1 Å². The molecular formula is C11H10N4O2S. The fourth-order valence-corrected chi connectivity index (χ4v) is 2.49. The van der Waals surface area contributed by atoms with Crippen LogP contribution in [0.25, 0.3) is 21.7 Å². The third-order valence-corrected chi connectivity index (χ3v) is 3.58. The van der Waals surface area contributed by atoms with Crippen LogP contribution in [0.2, 0.25) is 0 Å². The van der Waals surface area contributed by atoms with Crippen LogP contribution in [0.15, 0.2) is 32.8 Å². The summed E-state index contributed by atoms with van der Waals surface area (Å²) in [6.07, 6.45) is 0. The SMILES string of the molecule is Cn1c(=O)oc2ccc(-c3nc(NN)cs3)cc21. The minimum Gasteiger partial charge on any atom is -0.408 e. The second-order valence-corrected chi connectivity index (χ2v) is 4.65. The molecule has 3 N–H and O–H groups in total. The Morgan fingerprint density at radius 2 is 2.33 bits per heavy atom. The predicted molar refractivity (Wildman–Crippen MR) is 70.4 cm³/mol. The van der Waals surface area contributed by atoms with E-state index in [4.69, 9.17) is 10.3 Å². The van der Waals surface area contributed by atoms with Crippen LogP contribution in [-0.4, -0.2) is 9.55 Å². The van der Waals surface area contributed by atoms with Crippen molar-refractivity contribution in [2.75, 3.05) is 5.43 Å². The summed E-state index contributed by atoms with van der Waals surface area (Å²) in [6, 6.07) is 5.51. The van der Waals surface area contributed by atoms with E-state index in [9.17, 15) is 4.79 Å². The number of thiazole rings is 1. The maximum Gasteiger partial charge on any atom is 0.419 e. The molecule has 0 saturated heterocycles. The average molecular weight is 262 g/mol. The van der Waals surface area contributed by atoms with Gasteiger partial charge in [0.2, 0.25) is 0 Å². The number of aromatic nitrogens is 2. The summed E-state index contributed by atoms with van der Waals surface area (Å²) in [7, 11) is 1.67. The number of rotatable bonds is 2. The van der Waals surface area contributed by atoms with Gasteiger partial charge in [-0.1, -0.05) is 0 Å². The first-order valence-electron chi connectivity index (χ1n) is 5.21. The molecule has 2 aromatic heterocycles. The molecule has 0 saturated carbocycles. The molecule has 0 aliphatic rings. The summed E-state index contributed by atoms with van der Waals surface area (Å²) in [5.74, 6) is 5.54. The van der Waals surface area contributed by atoms with Crippen molar-refractivity contribution in [2.45, 2.75) is 0 Å². The summed E-state index contributed by atoms with van der Waals surface area (Å²) >= 11 is 1.48. The van der Waals surface area contributed by atoms with Gasteiger partial charge in [-0.25, -0.2) is 15.6 Å². The van der Waals surface area contributed by atoms with Crippen molar-refractivity contribution in [3.05, 3.63) is 34.1 Å². The topological polar surface area (TPSA) is 86.1 Å². The Morgan fingerprint density at radius 1 is 1.50 bits per heavy atom. The van der Waals surface area contributed by atoms with Gasteiger partial charge in [-0.2, -0.15) is 0 Å². The van der Waals surface area contributed by atoms with Crippen LogP contribution in [0.1, 0.15) is 0 Å². The van der Waals surface area contributed by atoms with Gasteiger partial charge in [0.25, 0.3) is 0 Å². The van der Waals surface area contributed by atoms with Crippen molar-refractivity contribution < 1.29 is 4.42 Å². The molecule has 18 heavy (non-hydrogen) atoms. The molecule has 7 heteroatoms. The zero-order valence-electron chi connectivity index (χ0n) is 9.51. The molecule has 0 spiro atoms. The number of nitrogen functional groups attached to an aromatic ring is 1. The molecule has 2 heterocycles. The van der Waals surface area contributed by atoms with E-state index in [2.05, 4.69) is 10.4 Å². The Labute approximate surface area is 106 Å². The largest absolute Gasteiger partial charge is 0.419 e. The fourth-order valence-electron chi connectivity index (χ4n) is 1.73. The molecule has 3 rings (SSSR count). The van der Waals surface area contributed by atoms with Crippen molar-refractivity contribution >= 4 is 28.3 Å². The number of hydrazine groups is 1. The maximum absolute atomic E-state index is 11.4. The Hall–Kier alpha value is -2.12. The van der Waals surface area contributed by atoms with Gasteiger partial charge >= 0.3 is 5.76 Å². The van der Waals surface area contributed by atoms with Gasteiger partial charge in [0.1, 0.15) is 5.01 Å². The van der Waals surface area contributed by atoms with Crippen LogP contribution in [-0.2, 0) is 7.05 Å². The number of oxazole rings is 1. The number of hydrogen-bond acceptors (Lipinski definition) is 6. The third kappa shape index (κ3) is 1.60. The van der Waals surface area contributed by atoms with E-state index in [1.807, 2.05) is 17.5 Å². The Morgan fingerprint density at radius 3 is 3.06 bits per heavy atom. The number of hydrogen-bond donors (Lipinski definition) is 2. The first kappa shape index (κ1) is 11.0. The lowest BCUT2D eigenvalue weighted by Crippen LogP contribution is -2.08. The van der Waals surface area contributed by atoms with Crippen molar-refractivity contribution in [1.82, 2.24) is 9.55 Å². The Balaban J connectivity index is 2.18. The van der Waals surface area contributed by atoms with Crippen LogP contribution in [0.4, 0.5) is 5.82 Å². The smallest absolute Gasteiger partial charge is 0.408 e. The molecule has 0 radical (unpaired) electrons. The van der Waals surface area contributed by atoms with Crippen LogP contribution in [0.3, 0.4) is 0 Å². The Kier molecular flexibility index (Phi) is 2.42. The number of fused-ring (bicyclic) bond motifs is 1. The molecule has 0 bridgehead atoms. The van der Waals surface area contributed by atoms with Gasteiger partial charge < -0.3 is 9.84 Å². The zero-order chi connectivity index (χ0) is 12.7. The summed E-state index contributed by atoms with van der Waals surface area (Å²) in [5, 5.41) is 2.66. The molecule has 1 aromatic carbocycles. The zero-order valence-corrected chi connectivity index (χ0v) is 10.3. The number of nitrogens with one attached hydrogen (secondary N) is 1. The van der Waals surface area contributed by atoms with Crippen LogP contribution < -0.4 is 17.0 Å². The summed E-state index contributed by atoms with van der Waals surface area (Å²) in [4.78, 5) is 15.7. The van der Waals surface area contributed by atoms with Gasteiger partial charge in [0.05, 0.1) is 5.52 Å². The first-order valence-corrected chi connectivity index (χ1v) is 6.09. The monoisotopic (exact) mass is 262 g/mol. The molecule has 0 aliphatic heterocycles. The van der Waals surface area contributed by atoms with Crippen molar-refractivity contribution in [3.63, 3.8) is 0 Å². The lowest BCUT2D eigenvalue weighted by molar-refractivity contribution is 0.528. The summed E-state index contributed by atoms with van der Waals surface area (Å²) in [5.41, 5.74) is 4.73. The summed E-state index contributed by atoms with van der Waals surface area (Å²) < 4.78 is 6.54. The quantitative estimate of drug-likeness (QED) is 0.540. The normalized spacial score (nSPS) is 11.0. The molecule has 0 aliphatic carbocycles. The number of anilines is 1. The second kappa shape index (κ2) is 3.97. The van der Waals surface area contributed by atoms with Crippen LogP contribution >= 0.6 is 11.3 Å². The highest BCUT2D eigenvalue weighted by Crippen LogP contribution is 2.27. The van der Waals surface area contributed by atoms with Gasteiger partial charge in [0.15, 0.2) is 11.4 Å². The lowest BCUT2D eigenvalue weighted by atomic mass is 10.2. The third-order valence-electron chi connectivity index (χ3n) is 2.69. The molecule has 6 nitrogen and oxygen atoms in total. The standard InChI is InChI=1S/C11H10N4O2S/c1-15-7-4-6(2-3-8(7)17-11(15)16)10-13-9(14-12)5-18-10/h2-5,14H,12H2,1H3. The fraction of sp³-hybridized carbons (Fsp3) is 0.0909. The van der Waals surface area contributed by atoms with E-state index in [0.29, 0.717) is 11.4 Å². The van der Waals surface area contributed by atoms with E-state index in [-0.39, 0.29) is 5.76 Å². The van der Waals surface area contributed by atoms with Gasteiger partial charge in [-0.05, 0) is 18.2 Å². The minimum atomic E-state index is -0.370. The van der Waals surface area contributed by atoms with Crippen LogP contribution in [0.5, 0.6) is 0 Å². The molecule has 0 fully saturated rings. The predicted octanol–water partition coefficient (Wildman–Crippen LogP) is 1.54. The molecule has 0 unspecified atom stereocenters. The van der Waals surface area contributed by atoms with E-state index < -0.39 is 0 Å². The van der Waals surface area contributed by atoms with E-state index >= 15 is 0 Å². The van der Waals surface area contributed by atoms with Gasteiger partial charge in [0, 0.05) is 18.0 Å². The lowest BCUT2D eigenvalue weighted by Gasteiger charge is -1.97. The highest BCUT2D eigenvalue weighted by molar-refractivity contribution is 7.13. The molecule has 0 atom stereocenters. The number of benzene rings is 1. The highest BCUT2D eigenvalue weighted by atomic mass is 32.1. The van der Waals surface area contributed by atoms with Crippen molar-refractivity contribution in [3.8, 4) is 10.6 Å². The average Bonchev–Trinajstić information content (AvgIpc) is 2.96. The Bertz CT molecular complexity index is 771. The highest BCUT2D eigenvalue weighted by Gasteiger charge is 2.09.